The van der Waals surface area contributed by atoms with Gasteiger partial charge in [0, 0.05) is 11.4 Å². The Hall–Kier alpha value is -4.60. The van der Waals surface area contributed by atoms with Crippen LogP contribution in [0, 0.1) is 6.92 Å². The minimum atomic E-state index is -0.535. The van der Waals surface area contributed by atoms with Crippen LogP contribution in [-0.2, 0) is 4.79 Å². The molecule has 0 aliphatic heterocycles. The summed E-state index contributed by atoms with van der Waals surface area (Å²) in [7, 11) is 1.52. The second-order valence-electron chi connectivity index (χ2n) is 6.97. The van der Waals surface area contributed by atoms with Gasteiger partial charge >= 0.3 is 0 Å². The van der Waals surface area contributed by atoms with Crippen molar-refractivity contribution >= 4 is 34.3 Å². The number of aryl methyl sites for hydroxylation is 1. The Kier molecular flexibility index (Phi) is 6.07. The van der Waals surface area contributed by atoms with Crippen molar-refractivity contribution in [1.82, 2.24) is 9.97 Å². The fraction of sp³-hybridized carbons (Fsp3) is 0.130. The number of H-pyrrole nitrogens is 1. The van der Waals surface area contributed by atoms with Crippen LogP contribution in [0.25, 0.3) is 11.1 Å². The van der Waals surface area contributed by atoms with E-state index in [2.05, 4.69) is 20.6 Å². The summed E-state index contributed by atoms with van der Waals surface area (Å²) in [6.07, 6.45) is 1.21. The molecule has 3 N–H and O–H groups in total. The van der Waals surface area contributed by atoms with Crippen LogP contribution < -0.4 is 25.7 Å². The van der Waals surface area contributed by atoms with Crippen molar-refractivity contribution in [3.8, 4) is 11.5 Å². The molecule has 0 saturated heterocycles. The minimum absolute atomic E-state index is 0.0745. The van der Waals surface area contributed by atoms with Gasteiger partial charge in [-0.05, 0) is 37.3 Å². The van der Waals surface area contributed by atoms with Gasteiger partial charge in [0.05, 0.1) is 19.0 Å². The number of furan rings is 1. The summed E-state index contributed by atoms with van der Waals surface area (Å²) in [5, 5.41) is 5.50. The lowest BCUT2D eigenvalue weighted by Crippen LogP contribution is -2.20. The molecule has 2 aromatic carbocycles. The Morgan fingerprint density at radius 3 is 2.55 bits per heavy atom. The molecule has 2 aromatic heterocycles. The average molecular weight is 448 g/mol. The van der Waals surface area contributed by atoms with E-state index in [0.717, 1.165) is 0 Å². The van der Waals surface area contributed by atoms with Crippen molar-refractivity contribution in [2.24, 2.45) is 0 Å². The number of para-hydroxylation sites is 2. The Labute approximate surface area is 187 Å². The molecule has 33 heavy (non-hydrogen) atoms. The number of anilines is 2. The normalized spacial score (nSPS) is 10.6. The summed E-state index contributed by atoms with van der Waals surface area (Å²) in [5.41, 5.74) is 0.571. The quantitative estimate of drug-likeness (QED) is 0.395. The number of nitrogens with zero attached hydrogens (tertiary/aromatic N) is 1. The predicted molar refractivity (Wildman–Crippen MR) is 121 cm³/mol. The molecule has 4 aromatic rings. The summed E-state index contributed by atoms with van der Waals surface area (Å²) in [4.78, 5) is 43.7. The molecule has 0 saturated carbocycles. The van der Waals surface area contributed by atoms with Gasteiger partial charge in [0.2, 0.25) is 5.71 Å². The highest BCUT2D eigenvalue weighted by atomic mass is 16.5. The Morgan fingerprint density at radius 2 is 1.79 bits per heavy atom. The zero-order valence-electron chi connectivity index (χ0n) is 17.8. The number of aromatic nitrogens is 2. The summed E-state index contributed by atoms with van der Waals surface area (Å²) < 4.78 is 16.1. The van der Waals surface area contributed by atoms with Crippen LogP contribution in [0.5, 0.6) is 11.5 Å². The van der Waals surface area contributed by atoms with Crippen LogP contribution >= 0.6 is 0 Å². The van der Waals surface area contributed by atoms with Gasteiger partial charge in [-0.2, -0.15) is 0 Å². The lowest BCUT2D eigenvalue weighted by Gasteiger charge is -2.11. The molecule has 0 bridgehead atoms. The van der Waals surface area contributed by atoms with Crippen molar-refractivity contribution < 1.29 is 23.5 Å². The molecule has 4 rings (SSSR count). The first-order valence-corrected chi connectivity index (χ1v) is 9.90. The van der Waals surface area contributed by atoms with Crippen molar-refractivity contribution in [3.05, 3.63) is 76.5 Å². The molecule has 0 aliphatic rings. The van der Waals surface area contributed by atoms with Crippen molar-refractivity contribution in [3.63, 3.8) is 0 Å². The summed E-state index contributed by atoms with van der Waals surface area (Å²) >= 11 is 0. The second-order valence-corrected chi connectivity index (χ2v) is 6.97. The maximum atomic E-state index is 12.8. The zero-order valence-corrected chi connectivity index (χ0v) is 17.8. The van der Waals surface area contributed by atoms with Crippen LogP contribution in [0.1, 0.15) is 16.1 Å². The van der Waals surface area contributed by atoms with Gasteiger partial charge in [-0.25, -0.2) is 4.98 Å². The third-order valence-corrected chi connectivity index (χ3v) is 4.73. The minimum Gasteiger partial charge on any atom is -0.493 e. The molecule has 0 atom stereocenters. The van der Waals surface area contributed by atoms with Gasteiger partial charge in [0.25, 0.3) is 17.4 Å². The third kappa shape index (κ3) is 4.69. The Morgan fingerprint density at radius 1 is 1.06 bits per heavy atom. The fourth-order valence-corrected chi connectivity index (χ4v) is 3.27. The third-order valence-electron chi connectivity index (χ3n) is 4.73. The number of carbonyl (C=O) groups excluding carboxylic acids is 2. The number of fused-ring (bicyclic) bond motifs is 1. The maximum absolute atomic E-state index is 12.8. The van der Waals surface area contributed by atoms with Gasteiger partial charge < -0.3 is 29.5 Å². The lowest BCUT2D eigenvalue weighted by atomic mass is 10.1. The number of hydrogen-bond acceptors (Lipinski definition) is 7. The molecule has 10 heteroatoms. The molecule has 0 aliphatic carbocycles. The number of aromatic amines is 1. The summed E-state index contributed by atoms with van der Waals surface area (Å²) in [5.74, 6) is 0.311. The average Bonchev–Trinajstić information content (AvgIpc) is 3.15. The van der Waals surface area contributed by atoms with Crippen molar-refractivity contribution in [2.45, 2.75) is 6.92 Å². The van der Waals surface area contributed by atoms with E-state index in [1.165, 1.54) is 13.4 Å². The first-order valence-electron chi connectivity index (χ1n) is 9.90. The number of ether oxygens (including phenoxy) is 2. The number of methoxy groups -OCH3 is 1. The molecular formula is C23H20N4O6. The van der Waals surface area contributed by atoms with Gasteiger partial charge in [0.1, 0.15) is 11.1 Å². The molecule has 10 nitrogen and oxygen atoms in total. The molecule has 0 spiro atoms. The summed E-state index contributed by atoms with van der Waals surface area (Å²) in [6.45, 7) is 1.35. The largest absolute Gasteiger partial charge is 0.493 e. The predicted octanol–water partition coefficient (Wildman–Crippen LogP) is 3.10. The van der Waals surface area contributed by atoms with E-state index < -0.39 is 17.4 Å². The molecular weight excluding hydrogens is 428 g/mol. The van der Waals surface area contributed by atoms with Crippen molar-refractivity contribution in [1.29, 1.82) is 0 Å². The fourth-order valence-electron chi connectivity index (χ4n) is 3.27. The number of rotatable bonds is 7. The smallest absolute Gasteiger partial charge is 0.262 e. The van der Waals surface area contributed by atoms with Gasteiger partial charge in [0.15, 0.2) is 18.1 Å². The van der Waals surface area contributed by atoms with Crippen LogP contribution in [-0.4, -0.2) is 35.5 Å². The first kappa shape index (κ1) is 21.6. The highest BCUT2D eigenvalue weighted by molar-refractivity contribution is 6.12. The second kappa shape index (κ2) is 9.27. The van der Waals surface area contributed by atoms with Crippen LogP contribution in [0.4, 0.5) is 11.4 Å². The maximum Gasteiger partial charge on any atom is 0.262 e. The highest BCUT2D eigenvalue weighted by Gasteiger charge is 2.22. The number of hydrogen-bond donors (Lipinski definition) is 3. The van der Waals surface area contributed by atoms with E-state index in [1.54, 1.807) is 55.5 Å². The highest BCUT2D eigenvalue weighted by Crippen LogP contribution is 2.26. The number of nitrogens with one attached hydrogen (secondary N) is 3. The lowest BCUT2D eigenvalue weighted by molar-refractivity contribution is -0.118. The molecule has 0 unspecified atom stereocenters. The van der Waals surface area contributed by atoms with Crippen molar-refractivity contribution in [2.75, 3.05) is 24.4 Å². The molecule has 2 heterocycles. The van der Waals surface area contributed by atoms with E-state index in [9.17, 15) is 14.4 Å². The number of carbonyl (C=O) groups is 2. The topological polar surface area (TPSA) is 136 Å². The molecule has 0 fully saturated rings. The van der Waals surface area contributed by atoms with Gasteiger partial charge in [-0.15, -0.1) is 0 Å². The molecule has 0 radical (unpaired) electrons. The Balaban J connectivity index is 1.44. The Bertz CT molecular complexity index is 1390. The SMILES string of the molecule is COc1ccccc1OCC(=O)Nc1cccc(NC(=O)c2c(C)oc3nc[nH]c(=O)c23)c1. The number of amides is 2. The van der Waals surface area contributed by atoms with E-state index in [1.807, 2.05) is 0 Å². The summed E-state index contributed by atoms with van der Waals surface area (Å²) in [6, 6.07) is 13.6. The monoisotopic (exact) mass is 448 g/mol. The number of benzene rings is 2. The zero-order chi connectivity index (χ0) is 23.4. The first-order chi connectivity index (χ1) is 16.0. The van der Waals surface area contributed by atoms with Crippen LogP contribution in [0.2, 0.25) is 0 Å². The van der Waals surface area contributed by atoms with E-state index in [0.29, 0.717) is 22.9 Å². The standard InChI is InChI=1S/C23H20N4O6/c1-13-19(20-21(29)24-12-25-23(20)33-13)22(30)27-15-7-5-6-14(10-15)26-18(28)11-32-17-9-4-3-8-16(17)31-2/h3-10,12H,11H2,1-2H3,(H,26,28)(H,27,30)(H,24,25,29). The van der Waals surface area contributed by atoms with E-state index in [4.69, 9.17) is 13.9 Å². The van der Waals surface area contributed by atoms with Crippen LogP contribution in [0.15, 0.2) is 64.1 Å². The molecule has 2 amide bonds. The van der Waals surface area contributed by atoms with E-state index >= 15 is 0 Å². The molecule has 168 valence electrons. The van der Waals surface area contributed by atoms with E-state index in [-0.39, 0.29) is 29.0 Å². The van der Waals surface area contributed by atoms with Gasteiger partial charge in [-0.3, -0.25) is 14.4 Å². The van der Waals surface area contributed by atoms with Crippen LogP contribution in [0.3, 0.4) is 0 Å². The van der Waals surface area contributed by atoms with Gasteiger partial charge in [-0.1, -0.05) is 18.2 Å².